The molecule has 0 aliphatic heterocycles. The Morgan fingerprint density at radius 3 is 2.25 bits per heavy atom. The van der Waals surface area contributed by atoms with Crippen molar-refractivity contribution in [3.8, 4) is 0 Å². The first-order chi connectivity index (χ1) is 11.7. The molecule has 0 aliphatic rings. The van der Waals surface area contributed by atoms with Crippen molar-refractivity contribution in [1.82, 2.24) is 19.9 Å². The van der Waals surface area contributed by atoms with E-state index in [0.717, 1.165) is 22.1 Å². The van der Waals surface area contributed by atoms with Crippen LogP contribution >= 0.6 is 0 Å². The first-order valence-corrected chi connectivity index (χ1v) is 8.38. The number of hydrogen-bond acceptors (Lipinski definition) is 4. The van der Waals surface area contributed by atoms with E-state index in [1.54, 1.807) is 0 Å². The molecule has 2 aromatic carbocycles. The number of imidazole rings is 2. The Kier molecular flexibility index (Phi) is 3.85. The number of aromatic nitrogens is 4. The predicted octanol–water partition coefficient (Wildman–Crippen LogP) is 2.88. The number of para-hydroxylation sites is 4. The van der Waals surface area contributed by atoms with Gasteiger partial charge >= 0.3 is 11.4 Å². The molecule has 0 aliphatic carbocycles. The van der Waals surface area contributed by atoms with Gasteiger partial charge in [0.25, 0.3) is 0 Å². The first-order valence-electron chi connectivity index (χ1n) is 7.35. The van der Waals surface area contributed by atoms with Gasteiger partial charge in [0.2, 0.25) is 0 Å². The lowest BCUT2D eigenvalue weighted by Crippen LogP contribution is -2.12. The third-order valence-corrected chi connectivity index (χ3v) is 4.13. The van der Waals surface area contributed by atoms with Crippen LogP contribution < -0.4 is 0 Å². The Balaban J connectivity index is 1.69. The van der Waals surface area contributed by atoms with Crippen molar-refractivity contribution in [1.29, 1.82) is 0 Å². The van der Waals surface area contributed by atoms with E-state index in [4.69, 9.17) is 8.74 Å². The Morgan fingerprint density at radius 1 is 1.00 bits per heavy atom. The maximum Gasteiger partial charge on any atom is 0.302 e. The summed E-state index contributed by atoms with van der Waals surface area (Å²) in [7, 11) is 0. The van der Waals surface area contributed by atoms with Gasteiger partial charge in [-0.2, -0.15) is 4.21 Å². The van der Waals surface area contributed by atoms with Crippen molar-refractivity contribution in [2.24, 2.45) is 0 Å². The molecule has 0 fully saturated rings. The van der Waals surface area contributed by atoms with Crippen LogP contribution in [0.5, 0.6) is 0 Å². The summed E-state index contributed by atoms with van der Waals surface area (Å²) in [5, 5.41) is 0. The number of fused-ring (bicyclic) bond motifs is 2. The van der Waals surface area contributed by atoms with E-state index in [9.17, 15) is 4.21 Å². The van der Waals surface area contributed by atoms with Crippen molar-refractivity contribution in [2.45, 2.75) is 12.5 Å². The molecule has 0 saturated heterocycles. The smallest absolute Gasteiger partial charge is 0.302 e. The highest BCUT2D eigenvalue weighted by Crippen LogP contribution is 2.23. The van der Waals surface area contributed by atoms with Crippen molar-refractivity contribution in [3.63, 3.8) is 0 Å². The fourth-order valence-electron chi connectivity index (χ4n) is 2.68. The van der Waals surface area contributed by atoms with E-state index in [0.29, 0.717) is 18.1 Å². The molecule has 0 bridgehead atoms. The third kappa shape index (κ3) is 2.94. The van der Waals surface area contributed by atoms with E-state index < -0.39 is 17.5 Å². The van der Waals surface area contributed by atoms with Gasteiger partial charge in [0.15, 0.2) is 0 Å². The molecule has 122 valence electrons. The van der Waals surface area contributed by atoms with Crippen LogP contribution in [0.15, 0.2) is 48.5 Å². The van der Waals surface area contributed by atoms with Crippen molar-refractivity contribution >= 4 is 33.4 Å². The number of aromatic amines is 2. The number of H-pyrrole nitrogens is 2. The molecule has 0 radical (unpaired) electrons. The SMILES string of the molecule is O=S(O)OC(Cc1nc2ccccc2[nH]1)c1nc2ccccc2[nH]1. The molecule has 0 saturated carbocycles. The fraction of sp³-hybridized carbons (Fsp3) is 0.125. The Morgan fingerprint density at radius 2 is 1.62 bits per heavy atom. The van der Waals surface area contributed by atoms with Gasteiger partial charge in [-0.25, -0.2) is 9.97 Å². The van der Waals surface area contributed by atoms with Gasteiger partial charge in [0.05, 0.1) is 22.1 Å². The Hall–Kier alpha value is -2.55. The fourth-order valence-corrected chi connectivity index (χ4v) is 3.04. The van der Waals surface area contributed by atoms with Gasteiger partial charge in [-0.15, -0.1) is 0 Å². The summed E-state index contributed by atoms with van der Waals surface area (Å²) in [5.41, 5.74) is 3.35. The third-order valence-electron chi connectivity index (χ3n) is 3.73. The zero-order valence-electron chi connectivity index (χ0n) is 12.5. The van der Waals surface area contributed by atoms with E-state index in [-0.39, 0.29) is 0 Å². The number of nitrogens with one attached hydrogen (secondary N) is 2. The van der Waals surface area contributed by atoms with Crippen LogP contribution in [0.4, 0.5) is 0 Å². The van der Waals surface area contributed by atoms with Crippen molar-refractivity contribution in [3.05, 3.63) is 60.2 Å². The highest BCUT2D eigenvalue weighted by atomic mass is 32.2. The molecule has 4 rings (SSSR count). The number of rotatable bonds is 5. The Labute approximate surface area is 139 Å². The molecule has 3 N–H and O–H groups in total. The highest BCUT2D eigenvalue weighted by Gasteiger charge is 2.21. The van der Waals surface area contributed by atoms with Gasteiger partial charge in [-0.05, 0) is 24.3 Å². The molecule has 24 heavy (non-hydrogen) atoms. The molecule has 2 atom stereocenters. The van der Waals surface area contributed by atoms with Crippen LogP contribution in [0, 0.1) is 0 Å². The zero-order valence-corrected chi connectivity index (χ0v) is 13.3. The van der Waals surface area contributed by atoms with Gasteiger partial charge in [0.1, 0.15) is 17.8 Å². The average molecular weight is 342 g/mol. The number of nitrogens with zero attached hydrogens (tertiary/aromatic N) is 2. The summed E-state index contributed by atoms with van der Waals surface area (Å²) < 4.78 is 25.5. The minimum absolute atomic E-state index is 0.292. The molecule has 4 aromatic rings. The monoisotopic (exact) mass is 342 g/mol. The molecule has 0 amide bonds. The largest absolute Gasteiger partial charge is 0.342 e. The molecule has 7 nitrogen and oxygen atoms in total. The van der Waals surface area contributed by atoms with Crippen LogP contribution in [-0.2, 0) is 22.0 Å². The number of benzene rings is 2. The van der Waals surface area contributed by atoms with E-state index in [2.05, 4.69) is 19.9 Å². The van der Waals surface area contributed by atoms with Crippen molar-refractivity contribution < 1.29 is 12.9 Å². The van der Waals surface area contributed by atoms with Gasteiger partial charge < -0.3 is 9.97 Å². The van der Waals surface area contributed by atoms with Crippen molar-refractivity contribution in [2.75, 3.05) is 0 Å². The molecule has 0 spiro atoms. The topological polar surface area (TPSA) is 104 Å². The second kappa shape index (κ2) is 6.16. The zero-order chi connectivity index (χ0) is 16.5. The first kappa shape index (κ1) is 15.0. The predicted molar refractivity (Wildman–Crippen MR) is 90.5 cm³/mol. The lowest BCUT2D eigenvalue weighted by Gasteiger charge is -2.10. The normalized spacial score (nSPS) is 14.2. The maximum atomic E-state index is 11.2. The molecule has 2 heterocycles. The summed E-state index contributed by atoms with van der Waals surface area (Å²) in [4.78, 5) is 15.3. The summed E-state index contributed by atoms with van der Waals surface area (Å²) in [6.45, 7) is 0. The second-order valence-electron chi connectivity index (χ2n) is 5.35. The second-order valence-corrected chi connectivity index (χ2v) is 5.97. The van der Waals surface area contributed by atoms with E-state index in [1.807, 2.05) is 48.5 Å². The minimum Gasteiger partial charge on any atom is -0.342 e. The van der Waals surface area contributed by atoms with Gasteiger partial charge in [-0.3, -0.25) is 8.74 Å². The molecular weight excluding hydrogens is 328 g/mol. The molecule has 2 unspecified atom stereocenters. The minimum atomic E-state index is -2.41. The highest BCUT2D eigenvalue weighted by molar-refractivity contribution is 7.74. The van der Waals surface area contributed by atoms with Crippen LogP contribution in [0.3, 0.4) is 0 Å². The van der Waals surface area contributed by atoms with Crippen LogP contribution in [0.2, 0.25) is 0 Å². The van der Waals surface area contributed by atoms with E-state index in [1.165, 1.54) is 0 Å². The van der Waals surface area contributed by atoms with E-state index >= 15 is 0 Å². The van der Waals surface area contributed by atoms with Crippen LogP contribution in [-0.4, -0.2) is 28.7 Å². The lowest BCUT2D eigenvalue weighted by atomic mass is 10.2. The average Bonchev–Trinajstić information content (AvgIpc) is 3.16. The summed E-state index contributed by atoms with van der Waals surface area (Å²) in [6.07, 6.45) is -0.426. The number of hydrogen-bond donors (Lipinski definition) is 3. The summed E-state index contributed by atoms with van der Waals surface area (Å²) >= 11 is -2.41. The van der Waals surface area contributed by atoms with Crippen LogP contribution in [0.1, 0.15) is 17.8 Å². The summed E-state index contributed by atoms with van der Waals surface area (Å²) in [5.74, 6) is 1.14. The quantitative estimate of drug-likeness (QED) is 0.484. The van der Waals surface area contributed by atoms with Gasteiger partial charge in [0, 0.05) is 6.42 Å². The standard InChI is InChI=1S/C16H14N4O3S/c21-24(22)23-14(16-19-12-7-3-4-8-13(12)20-16)9-15-17-10-5-1-2-6-11(10)18-15/h1-8,14H,9H2,(H,17,18)(H,19,20)(H,21,22). The lowest BCUT2D eigenvalue weighted by molar-refractivity contribution is 0.197. The summed E-state index contributed by atoms with van der Waals surface area (Å²) in [6, 6.07) is 15.2. The van der Waals surface area contributed by atoms with Gasteiger partial charge in [-0.1, -0.05) is 24.3 Å². The molecule has 2 aromatic heterocycles. The maximum absolute atomic E-state index is 11.2. The Bertz CT molecular complexity index is 960. The molecular formula is C16H14N4O3S. The van der Waals surface area contributed by atoms with Crippen LogP contribution in [0.25, 0.3) is 22.1 Å². The molecule has 8 heteroatoms.